The number of aryl methyl sites for hydroxylation is 1. The lowest BCUT2D eigenvalue weighted by molar-refractivity contribution is -0.141. The molecule has 0 spiro atoms. The van der Waals surface area contributed by atoms with Gasteiger partial charge in [0.05, 0.1) is 0 Å². The van der Waals surface area contributed by atoms with Crippen LogP contribution in [0.25, 0.3) is 6.08 Å². The fraction of sp³-hybridized carbons (Fsp3) is 0.182. The third-order valence-corrected chi connectivity index (χ3v) is 1.96. The van der Waals surface area contributed by atoms with Crippen LogP contribution in [0.5, 0.6) is 0 Å². The highest BCUT2D eigenvalue weighted by atomic mass is 19.4. The van der Waals surface area contributed by atoms with Crippen molar-refractivity contribution in [3.8, 4) is 12.1 Å². The molecule has 6 heteroatoms. The Hall–Kier alpha value is -2.34. The van der Waals surface area contributed by atoms with Gasteiger partial charge < -0.3 is 0 Å². The summed E-state index contributed by atoms with van der Waals surface area (Å²) in [4.78, 5) is 3.38. The second-order valence-corrected chi connectivity index (χ2v) is 3.15. The van der Waals surface area contributed by atoms with Gasteiger partial charge in [-0.05, 0) is 24.6 Å². The van der Waals surface area contributed by atoms with Crippen LogP contribution in [-0.2, 0) is 6.18 Å². The van der Waals surface area contributed by atoms with Crippen LogP contribution in [-0.4, -0.2) is 4.98 Å². The third kappa shape index (κ3) is 3.05. The van der Waals surface area contributed by atoms with Gasteiger partial charge in [-0.25, -0.2) is 4.98 Å². The molecule has 0 aliphatic heterocycles. The van der Waals surface area contributed by atoms with E-state index in [1.54, 1.807) is 12.1 Å². The monoisotopic (exact) mass is 237 g/mol. The summed E-state index contributed by atoms with van der Waals surface area (Å²) < 4.78 is 36.9. The Labute approximate surface area is 95.4 Å². The first-order valence-electron chi connectivity index (χ1n) is 4.45. The maximum absolute atomic E-state index is 12.3. The lowest BCUT2D eigenvalue weighted by atomic mass is 10.1. The first-order chi connectivity index (χ1) is 7.88. The third-order valence-electron chi connectivity index (χ3n) is 1.96. The number of allylic oxidation sites excluding steroid dienone is 1. The number of alkyl halides is 3. The van der Waals surface area contributed by atoms with E-state index in [-0.39, 0.29) is 11.3 Å². The summed E-state index contributed by atoms with van der Waals surface area (Å²) in [6.07, 6.45) is -3.30. The quantitative estimate of drug-likeness (QED) is 0.705. The molecule has 0 fully saturated rings. The lowest BCUT2D eigenvalue weighted by Gasteiger charge is -2.07. The molecule has 0 saturated heterocycles. The van der Waals surface area contributed by atoms with Crippen LogP contribution in [0.3, 0.4) is 0 Å². The Bertz CT molecular complexity index is 529. The Morgan fingerprint density at radius 2 is 1.88 bits per heavy atom. The molecular formula is C11H6F3N3. The Balaban J connectivity index is 3.22. The molecule has 0 amide bonds. The van der Waals surface area contributed by atoms with E-state index in [1.807, 2.05) is 0 Å². The maximum atomic E-state index is 12.3. The molecule has 1 aromatic rings. The zero-order valence-corrected chi connectivity index (χ0v) is 8.71. The van der Waals surface area contributed by atoms with Crippen molar-refractivity contribution in [1.29, 1.82) is 10.5 Å². The van der Waals surface area contributed by atoms with Crippen molar-refractivity contribution < 1.29 is 13.2 Å². The van der Waals surface area contributed by atoms with Crippen LogP contribution in [0.4, 0.5) is 13.2 Å². The molecule has 0 bridgehead atoms. The summed E-state index contributed by atoms with van der Waals surface area (Å²) in [5.41, 5.74) is -0.754. The first kappa shape index (κ1) is 12.7. The van der Waals surface area contributed by atoms with Gasteiger partial charge in [-0.15, -0.1) is 0 Å². The summed E-state index contributed by atoms with van der Waals surface area (Å²) >= 11 is 0. The fourth-order valence-corrected chi connectivity index (χ4v) is 1.13. The first-order valence-corrected chi connectivity index (χ1v) is 4.45. The van der Waals surface area contributed by atoms with E-state index in [1.165, 1.54) is 19.1 Å². The molecule has 86 valence electrons. The van der Waals surface area contributed by atoms with Gasteiger partial charge >= 0.3 is 6.18 Å². The van der Waals surface area contributed by atoms with Crippen molar-refractivity contribution in [2.75, 3.05) is 0 Å². The minimum absolute atomic E-state index is 0.114. The average Bonchev–Trinajstić information content (AvgIpc) is 2.26. The van der Waals surface area contributed by atoms with Gasteiger partial charge in [-0.3, -0.25) is 0 Å². The molecule has 0 aliphatic carbocycles. The van der Waals surface area contributed by atoms with Crippen LogP contribution in [0.2, 0.25) is 0 Å². The molecule has 0 unspecified atom stereocenters. The summed E-state index contributed by atoms with van der Waals surface area (Å²) in [6.45, 7) is 1.38. The van der Waals surface area contributed by atoms with E-state index in [0.717, 1.165) is 6.07 Å². The molecular weight excluding hydrogens is 231 g/mol. The van der Waals surface area contributed by atoms with E-state index in [2.05, 4.69) is 4.98 Å². The molecule has 0 radical (unpaired) electrons. The largest absolute Gasteiger partial charge is 0.433 e. The number of hydrogen-bond donors (Lipinski definition) is 0. The fourth-order valence-electron chi connectivity index (χ4n) is 1.13. The predicted molar refractivity (Wildman–Crippen MR) is 53.2 cm³/mol. The average molecular weight is 237 g/mol. The molecule has 3 nitrogen and oxygen atoms in total. The van der Waals surface area contributed by atoms with Gasteiger partial charge in [-0.1, -0.05) is 6.07 Å². The summed E-state index contributed by atoms with van der Waals surface area (Å²) in [5.74, 6) is 0. The van der Waals surface area contributed by atoms with Gasteiger partial charge in [-0.2, -0.15) is 23.7 Å². The highest BCUT2D eigenvalue weighted by molar-refractivity contribution is 5.63. The number of aromatic nitrogens is 1. The zero-order chi connectivity index (χ0) is 13.1. The highest BCUT2D eigenvalue weighted by Gasteiger charge is 2.32. The SMILES string of the molecule is Cc1nc(C(F)(F)F)ccc1C=C(C#N)C#N. The molecule has 0 saturated carbocycles. The van der Waals surface area contributed by atoms with E-state index in [9.17, 15) is 13.2 Å². The normalized spacial score (nSPS) is 10.2. The second-order valence-electron chi connectivity index (χ2n) is 3.15. The second kappa shape index (κ2) is 4.67. The predicted octanol–water partition coefficient (Wildman–Crippen LogP) is 2.84. The van der Waals surface area contributed by atoms with Crippen molar-refractivity contribution in [3.05, 3.63) is 34.7 Å². The molecule has 0 aromatic carbocycles. The van der Waals surface area contributed by atoms with Crippen LogP contribution in [0.15, 0.2) is 17.7 Å². The van der Waals surface area contributed by atoms with Crippen molar-refractivity contribution in [2.24, 2.45) is 0 Å². The summed E-state index contributed by atoms with van der Waals surface area (Å²) in [7, 11) is 0. The minimum atomic E-state index is -4.50. The van der Waals surface area contributed by atoms with Crippen LogP contribution >= 0.6 is 0 Å². The molecule has 1 rings (SSSR count). The van der Waals surface area contributed by atoms with E-state index < -0.39 is 11.9 Å². The number of rotatable bonds is 1. The Morgan fingerprint density at radius 3 is 2.29 bits per heavy atom. The van der Waals surface area contributed by atoms with E-state index in [0.29, 0.717) is 5.56 Å². The van der Waals surface area contributed by atoms with Crippen molar-refractivity contribution >= 4 is 6.08 Å². The Morgan fingerprint density at radius 1 is 1.29 bits per heavy atom. The Kier molecular flexibility index (Phi) is 3.49. The van der Waals surface area contributed by atoms with Gasteiger partial charge in [0.1, 0.15) is 23.4 Å². The van der Waals surface area contributed by atoms with Gasteiger partial charge in [0.25, 0.3) is 0 Å². The van der Waals surface area contributed by atoms with Crippen LogP contribution < -0.4 is 0 Å². The number of nitrogens with zero attached hydrogens (tertiary/aromatic N) is 3. The number of nitriles is 2. The lowest BCUT2D eigenvalue weighted by Crippen LogP contribution is -2.09. The summed E-state index contributed by atoms with van der Waals surface area (Å²) in [6, 6.07) is 5.24. The minimum Gasteiger partial charge on any atom is -0.248 e. The number of hydrogen-bond acceptors (Lipinski definition) is 3. The number of pyridine rings is 1. The standard InChI is InChI=1S/C11H6F3N3/c1-7-9(4-8(5-15)6-16)2-3-10(17-7)11(12,13)14/h2-4H,1H3. The molecule has 0 atom stereocenters. The maximum Gasteiger partial charge on any atom is 0.433 e. The molecule has 1 heterocycles. The van der Waals surface area contributed by atoms with E-state index in [4.69, 9.17) is 10.5 Å². The van der Waals surface area contributed by atoms with Crippen molar-refractivity contribution in [3.63, 3.8) is 0 Å². The van der Waals surface area contributed by atoms with Gasteiger partial charge in [0.15, 0.2) is 0 Å². The van der Waals surface area contributed by atoms with Crippen LogP contribution in [0, 0.1) is 29.6 Å². The zero-order valence-electron chi connectivity index (χ0n) is 8.71. The highest BCUT2D eigenvalue weighted by Crippen LogP contribution is 2.28. The topological polar surface area (TPSA) is 60.5 Å². The molecule has 0 N–H and O–H groups in total. The molecule has 17 heavy (non-hydrogen) atoms. The molecule has 0 aliphatic rings. The number of halogens is 3. The summed E-state index contributed by atoms with van der Waals surface area (Å²) in [5, 5.41) is 17.0. The van der Waals surface area contributed by atoms with Crippen molar-refractivity contribution in [1.82, 2.24) is 4.98 Å². The molecule has 1 aromatic heterocycles. The van der Waals surface area contributed by atoms with Gasteiger partial charge in [0.2, 0.25) is 0 Å². The van der Waals surface area contributed by atoms with E-state index >= 15 is 0 Å². The van der Waals surface area contributed by atoms with Gasteiger partial charge in [0, 0.05) is 5.69 Å². The smallest absolute Gasteiger partial charge is 0.248 e. The van der Waals surface area contributed by atoms with Crippen molar-refractivity contribution in [2.45, 2.75) is 13.1 Å². The van der Waals surface area contributed by atoms with Crippen LogP contribution in [0.1, 0.15) is 17.0 Å².